The van der Waals surface area contributed by atoms with Crippen molar-refractivity contribution in [3.05, 3.63) is 64.8 Å². The van der Waals surface area contributed by atoms with Gasteiger partial charge in [0, 0.05) is 24.2 Å². The number of carboxylic acids is 1. The zero-order chi connectivity index (χ0) is 24.8. The molecule has 2 aromatic carbocycles. The van der Waals surface area contributed by atoms with Gasteiger partial charge in [-0.05, 0) is 54.7 Å². The van der Waals surface area contributed by atoms with Gasteiger partial charge in [-0.2, -0.15) is 5.10 Å². The minimum Gasteiger partial charge on any atom is -0.476 e. The van der Waals surface area contributed by atoms with Crippen LogP contribution in [-0.4, -0.2) is 50.7 Å². The number of aryl methyl sites for hydroxylation is 1. The molecule has 1 heterocycles. The number of carboxylic acid groups (broad SMARTS) is 1. The van der Waals surface area contributed by atoms with Crippen LogP contribution >= 0.6 is 11.6 Å². The number of hydrogen-bond donors (Lipinski definition) is 3. The molecule has 1 aromatic heterocycles. The normalized spacial score (nSPS) is 12.7. The summed E-state index contributed by atoms with van der Waals surface area (Å²) in [5.41, 5.74) is 8.60. The molecule has 0 aliphatic rings. The van der Waals surface area contributed by atoms with Crippen molar-refractivity contribution in [3.8, 4) is 22.8 Å². The van der Waals surface area contributed by atoms with Crippen LogP contribution in [0, 0.1) is 0 Å². The number of ether oxygens (including phenoxy) is 2. The van der Waals surface area contributed by atoms with E-state index in [-0.39, 0.29) is 24.6 Å². The lowest BCUT2D eigenvalue weighted by atomic mass is 9.98. The van der Waals surface area contributed by atoms with Crippen molar-refractivity contribution in [1.82, 2.24) is 9.78 Å². The summed E-state index contributed by atoms with van der Waals surface area (Å²) in [5, 5.41) is 23.3. The molecule has 10 heteroatoms. The maximum absolute atomic E-state index is 11.6. The number of nitrogens with two attached hydrogens (primary N) is 1. The fourth-order valence-electron chi connectivity index (χ4n) is 3.40. The lowest BCUT2D eigenvalue weighted by Crippen LogP contribution is -2.33. The third-order valence-corrected chi connectivity index (χ3v) is 5.24. The zero-order valence-corrected chi connectivity index (χ0v) is 19.5. The number of halogens is 1. The van der Waals surface area contributed by atoms with Gasteiger partial charge in [-0.3, -0.25) is 0 Å². The van der Waals surface area contributed by atoms with E-state index in [2.05, 4.69) is 5.10 Å². The van der Waals surface area contributed by atoms with E-state index in [4.69, 9.17) is 31.9 Å². The Morgan fingerprint density at radius 3 is 2.47 bits per heavy atom. The number of esters is 1. The molecule has 0 aliphatic heterocycles. The van der Waals surface area contributed by atoms with Crippen LogP contribution in [0.5, 0.6) is 11.6 Å². The predicted molar refractivity (Wildman–Crippen MR) is 126 cm³/mol. The summed E-state index contributed by atoms with van der Waals surface area (Å²) in [7, 11) is 1.59. The maximum atomic E-state index is 11.6. The van der Waals surface area contributed by atoms with Gasteiger partial charge in [0.1, 0.15) is 5.75 Å². The predicted octanol–water partition coefficient (Wildman–Crippen LogP) is 3.41. The average molecular weight is 488 g/mol. The lowest BCUT2D eigenvalue weighted by Gasteiger charge is -2.16. The van der Waals surface area contributed by atoms with Crippen LogP contribution in [-0.2, 0) is 23.0 Å². The number of nitrogens with zero attached hydrogens (tertiary/aromatic N) is 2. The Bertz CT molecular complexity index is 1160. The molecule has 0 saturated carbocycles. The van der Waals surface area contributed by atoms with E-state index in [0.29, 0.717) is 17.2 Å². The Morgan fingerprint density at radius 2 is 1.85 bits per heavy atom. The van der Waals surface area contributed by atoms with Crippen molar-refractivity contribution in [2.24, 2.45) is 12.8 Å². The molecule has 3 aromatic rings. The van der Waals surface area contributed by atoms with Gasteiger partial charge in [-0.1, -0.05) is 35.9 Å². The molecule has 34 heavy (non-hydrogen) atoms. The van der Waals surface area contributed by atoms with Crippen LogP contribution in [0.4, 0.5) is 0 Å². The number of hydrogen-bond acceptors (Lipinski definition) is 7. The molecule has 0 saturated heterocycles. The van der Waals surface area contributed by atoms with Gasteiger partial charge in [-0.15, -0.1) is 0 Å². The fourth-order valence-corrected chi connectivity index (χ4v) is 3.63. The number of aliphatic hydroxyl groups is 1. The average Bonchev–Trinajstić information content (AvgIpc) is 3.14. The van der Waals surface area contributed by atoms with E-state index in [9.17, 15) is 14.7 Å². The molecule has 0 amide bonds. The number of carbonyl (C=O) groups is 2. The van der Waals surface area contributed by atoms with Gasteiger partial charge in [0.05, 0.1) is 6.61 Å². The largest absolute Gasteiger partial charge is 0.476 e. The van der Waals surface area contributed by atoms with E-state index in [1.165, 1.54) is 10.7 Å². The highest BCUT2D eigenvalue weighted by atomic mass is 35.5. The van der Waals surface area contributed by atoms with E-state index < -0.39 is 24.1 Å². The highest BCUT2D eigenvalue weighted by Gasteiger charge is 2.20. The minimum atomic E-state index is -1.25. The second-order valence-corrected chi connectivity index (χ2v) is 8.18. The fraction of sp³-hybridized carbons (Fsp3) is 0.292. The summed E-state index contributed by atoms with van der Waals surface area (Å²) < 4.78 is 11.9. The van der Waals surface area contributed by atoms with E-state index in [1.807, 2.05) is 24.3 Å². The molecule has 9 nitrogen and oxygen atoms in total. The first kappa shape index (κ1) is 25.2. The summed E-state index contributed by atoms with van der Waals surface area (Å²) in [6.45, 7) is 1.88. The van der Waals surface area contributed by atoms with Crippen LogP contribution in [0.1, 0.15) is 29.4 Å². The third kappa shape index (κ3) is 6.57. The van der Waals surface area contributed by atoms with E-state index in [0.717, 1.165) is 16.7 Å². The summed E-state index contributed by atoms with van der Waals surface area (Å²) >= 11 is 6.28. The summed E-state index contributed by atoms with van der Waals surface area (Å²) in [4.78, 5) is 22.7. The van der Waals surface area contributed by atoms with Crippen molar-refractivity contribution >= 4 is 23.5 Å². The number of aliphatic hydroxyl groups excluding tert-OH is 1. The molecule has 0 spiro atoms. The van der Waals surface area contributed by atoms with E-state index in [1.54, 1.807) is 32.2 Å². The Morgan fingerprint density at radius 1 is 1.15 bits per heavy atom. The molecule has 4 N–H and O–H groups in total. The van der Waals surface area contributed by atoms with Gasteiger partial charge in [0.2, 0.25) is 5.88 Å². The first-order chi connectivity index (χ1) is 16.2. The quantitative estimate of drug-likeness (QED) is 0.370. The number of aromatic carboxylic acids is 1. The Hall–Kier alpha value is -3.40. The van der Waals surface area contributed by atoms with Crippen molar-refractivity contribution < 1.29 is 29.3 Å². The monoisotopic (exact) mass is 487 g/mol. The van der Waals surface area contributed by atoms with Gasteiger partial charge >= 0.3 is 11.9 Å². The van der Waals surface area contributed by atoms with Crippen molar-refractivity contribution in [2.45, 2.75) is 31.9 Å². The third-order valence-electron chi connectivity index (χ3n) is 5.02. The molecule has 0 fully saturated rings. The van der Waals surface area contributed by atoms with Crippen LogP contribution in [0.3, 0.4) is 0 Å². The topological polar surface area (TPSA) is 137 Å². The Balaban J connectivity index is 1.70. The zero-order valence-electron chi connectivity index (χ0n) is 18.8. The van der Waals surface area contributed by atoms with Crippen LogP contribution in [0.15, 0.2) is 48.5 Å². The second-order valence-electron chi connectivity index (χ2n) is 7.74. The van der Waals surface area contributed by atoms with Crippen molar-refractivity contribution in [1.29, 1.82) is 0 Å². The molecule has 2 atom stereocenters. The number of benzene rings is 2. The summed E-state index contributed by atoms with van der Waals surface area (Å²) in [6, 6.07) is 13.8. The Kier molecular flexibility index (Phi) is 8.27. The molecular formula is C24H26ClN3O6. The van der Waals surface area contributed by atoms with Crippen LogP contribution in [0.25, 0.3) is 11.1 Å². The van der Waals surface area contributed by atoms with Gasteiger partial charge in [-0.25, -0.2) is 14.3 Å². The SMILES string of the molecule is CCOC(=O)[C@H](O)C[C@H](N)Cc1ccc(-c2cc(Cl)cc(Oc3cc(C(=O)O)nn3C)c2)cc1. The molecular weight excluding hydrogens is 462 g/mol. The first-order valence-electron chi connectivity index (χ1n) is 10.6. The molecule has 0 bridgehead atoms. The second kappa shape index (κ2) is 11.1. The van der Waals surface area contributed by atoms with Gasteiger partial charge in [0.15, 0.2) is 11.8 Å². The Labute approximate surface area is 201 Å². The lowest BCUT2D eigenvalue weighted by molar-refractivity contribution is -0.153. The molecule has 0 unspecified atom stereocenters. The smallest absolute Gasteiger partial charge is 0.356 e. The number of rotatable bonds is 10. The molecule has 0 aliphatic carbocycles. The molecule has 180 valence electrons. The van der Waals surface area contributed by atoms with Gasteiger partial charge in [0.25, 0.3) is 0 Å². The number of aromatic nitrogens is 2. The highest BCUT2D eigenvalue weighted by Crippen LogP contribution is 2.31. The first-order valence-corrected chi connectivity index (χ1v) is 11.0. The van der Waals surface area contributed by atoms with Crippen molar-refractivity contribution in [3.63, 3.8) is 0 Å². The highest BCUT2D eigenvalue weighted by molar-refractivity contribution is 6.31. The molecule has 0 radical (unpaired) electrons. The summed E-state index contributed by atoms with van der Waals surface area (Å²) in [5.74, 6) is -1.12. The van der Waals surface area contributed by atoms with E-state index >= 15 is 0 Å². The van der Waals surface area contributed by atoms with Gasteiger partial charge < -0.3 is 25.4 Å². The molecule has 3 rings (SSSR count). The standard InChI is InChI=1S/C24H26ClN3O6/c1-3-33-24(32)21(29)12-18(26)8-14-4-6-15(7-5-14)16-9-17(25)11-19(10-16)34-22-13-20(23(30)31)27-28(22)2/h4-7,9-11,13,18,21,29H,3,8,12,26H2,1-2H3,(H,30,31)/t18-,21-/m1/s1. The number of carbonyl (C=O) groups excluding carboxylic acids is 1. The minimum absolute atomic E-state index is 0.104. The van der Waals surface area contributed by atoms with Crippen LogP contribution < -0.4 is 10.5 Å². The van der Waals surface area contributed by atoms with Crippen LogP contribution in [0.2, 0.25) is 5.02 Å². The summed E-state index contributed by atoms with van der Waals surface area (Å²) in [6.07, 6.45) is -0.662. The van der Waals surface area contributed by atoms with Crippen molar-refractivity contribution in [2.75, 3.05) is 6.61 Å². The maximum Gasteiger partial charge on any atom is 0.356 e.